The van der Waals surface area contributed by atoms with Crippen LogP contribution in [-0.2, 0) is 27.4 Å². The topological polar surface area (TPSA) is 76.7 Å². The van der Waals surface area contributed by atoms with Gasteiger partial charge in [-0.1, -0.05) is 54.6 Å². The largest absolute Gasteiger partial charge is 0.457 e. The average molecular weight is 517 g/mol. The lowest BCUT2D eigenvalue weighted by atomic mass is 10.1. The summed E-state index contributed by atoms with van der Waals surface area (Å²) in [7, 11) is 0. The van der Waals surface area contributed by atoms with Crippen molar-refractivity contribution < 1.29 is 27.8 Å². The zero-order chi connectivity index (χ0) is 26.7. The molecule has 0 saturated carbocycles. The molecule has 4 rings (SSSR count). The van der Waals surface area contributed by atoms with Gasteiger partial charge in [-0.15, -0.1) is 0 Å². The summed E-state index contributed by atoms with van der Waals surface area (Å²) in [6.07, 6.45) is -0.361. The van der Waals surface area contributed by atoms with Gasteiger partial charge in [-0.05, 0) is 53.6 Å². The van der Waals surface area contributed by atoms with Crippen molar-refractivity contribution in [2.45, 2.75) is 19.1 Å². The number of para-hydroxylation sites is 1. The standard InChI is InChI=1S/C30H26F2N2O4/c31-23-12-11-22(27(32)18-23)17-29(35)34-28(20-37-19-21-7-3-1-4-8-21)30(36)33-24-13-15-26(16-14-24)38-25-9-5-2-6-10-25/h1-16,18,28H,17,19-20H2,(H,33,36)(H,34,35). The van der Waals surface area contributed by atoms with Crippen LogP contribution >= 0.6 is 0 Å². The molecule has 0 fully saturated rings. The van der Waals surface area contributed by atoms with E-state index in [0.29, 0.717) is 23.3 Å². The van der Waals surface area contributed by atoms with Gasteiger partial charge >= 0.3 is 0 Å². The molecule has 0 saturated heterocycles. The highest BCUT2D eigenvalue weighted by molar-refractivity contribution is 5.97. The van der Waals surface area contributed by atoms with E-state index in [2.05, 4.69) is 10.6 Å². The molecule has 0 bridgehead atoms. The van der Waals surface area contributed by atoms with Crippen LogP contribution in [0.2, 0.25) is 0 Å². The van der Waals surface area contributed by atoms with Crippen molar-refractivity contribution in [2.75, 3.05) is 11.9 Å². The molecule has 4 aromatic rings. The molecule has 0 aliphatic heterocycles. The van der Waals surface area contributed by atoms with Crippen molar-refractivity contribution in [3.63, 3.8) is 0 Å². The van der Waals surface area contributed by atoms with Gasteiger partial charge in [0.05, 0.1) is 19.6 Å². The molecule has 2 N–H and O–H groups in total. The molecular formula is C30H26F2N2O4. The van der Waals surface area contributed by atoms with Gasteiger partial charge in [-0.3, -0.25) is 9.59 Å². The number of benzene rings is 4. The molecule has 38 heavy (non-hydrogen) atoms. The molecular weight excluding hydrogens is 490 g/mol. The minimum atomic E-state index is -1.06. The molecule has 0 aliphatic carbocycles. The van der Waals surface area contributed by atoms with E-state index < -0.39 is 29.5 Å². The SMILES string of the molecule is O=C(Cc1ccc(F)cc1F)NC(COCc1ccccc1)C(=O)Nc1ccc(Oc2ccccc2)cc1. The number of carbonyl (C=O) groups excluding carboxylic acids is 2. The first-order valence-corrected chi connectivity index (χ1v) is 11.9. The second-order valence-corrected chi connectivity index (χ2v) is 8.46. The molecule has 6 nitrogen and oxygen atoms in total. The Kier molecular flexibility index (Phi) is 9.15. The third-order valence-electron chi connectivity index (χ3n) is 5.51. The van der Waals surface area contributed by atoms with Gasteiger partial charge in [0.2, 0.25) is 11.8 Å². The van der Waals surface area contributed by atoms with E-state index >= 15 is 0 Å². The van der Waals surface area contributed by atoms with Crippen molar-refractivity contribution in [3.05, 3.63) is 126 Å². The number of carbonyl (C=O) groups is 2. The molecule has 0 heterocycles. The second kappa shape index (κ2) is 13.1. The summed E-state index contributed by atoms with van der Waals surface area (Å²) in [6.45, 7) is 0.117. The average Bonchev–Trinajstić information content (AvgIpc) is 2.92. The van der Waals surface area contributed by atoms with Crippen molar-refractivity contribution >= 4 is 17.5 Å². The summed E-state index contributed by atoms with van der Waals surface area (Å²) in [5.41, 5.74) is 1.41. The monoisotopic (exact) mass is 516 g/mol. The highest BCUT2D eigenvalue weighted by Gasteiger charge is 2.22. The fraction of sp³-hybridized carbons (Fsp3) is 0.133. The highest BCUT2D eigenvalue weighted by atomic mass is 19.1. The van der Waals surface area contributed by atoms with Gasteiger partial charge in [0.25, 0.3) is 0 Å². The summed E-state index contributed by atoms with van der Waals surface area (Å²) >= 11 is 0. The lowest BCUT2D eigenvalue weighted by Crippen LogP contribution is -2.47. The van der Waals surface area contributed by atoms with Gasteiger partial charge < -0.3 is 20.1 Å². The zero-order valence-electron chi connectivity index (χ0n) is 20.4. The van der Waals surface area contributed by atoms with Crippen LogP contribution in [0.25, 0.3) is 0 Å². The minimum absolute atomic E-state index is 0.0160. The molecule has 8 heteroatoms. The van der Waals surface area contributed by atoms with Gasteiger partial charge in [-0.2, -0.15) is 0 Å². The number of halogens is 2. The number of amides is 2. The van der Waals surface area contributed by atoms with Crippen LogP contribution < -0.4 is 15.4 Å². The molecule has 194 valence electrons. The number of hydrogen-bond donors (Lipinski definition) is 2. The maximum absolute atomic E-state index is 14.0. The van der Waals surface area contributed by atoms with Crippen molar-refractivity contribution in [1.29, 1.82) is 0 Å². The Bertz CT molecular complexity index is 1350. The van der Waals surface area contributed by atoms with Gasteiger partial charge in [-0.25, -0.2) is 8.78 Å². The number of ether oxygens (including phenoxy) is 2. The smallest absolute Gasteiger partial charge is 0.249 e. The molecule has 1 atom stereocenters. The van der Waals surface area contributed by atoms with E-state index in [4.69, 9.17) is 9.47 Å². The molecule has 1 unspecified atom stereocenters. The van der Waals surface area contributed by atoms with Crippen LogP contribution in [0.1, 0.15) is 11.1 Å². The Morgan fingerprint density at radius 1 is 0.789 bits per heavy atom. The zero-order valence-corrected chi connectivity index (χ0v) is 20.4. The molecule has 2 amide bonds. The van der Waals surface area contributed by atoms with Crippen LogP contribution in [0.15, 0.2) is 103 Å². The Labute approximate surface area is 219 Å². The predicted octanol–water partition coefficient (Wildman–Crippen LogP) is 5.64. The molecule has 4 aromatic carbocycles. The number of anilines is 1. The first-order valence-electron chi connectivity index (χ1n) is 11.9. The van der Waals surface area contributed by atoms with E-state index in [1.54, 1.807) is 24.3 Å². The van der Waals surface area contributed by atoms with E-state index in [-0.39, 0.29) is 25.2 Å². The quantitative estimate of drug-likeness (QED) is 0.271. The molecule has 0 spiro atoms. The maximum atomic E-state index is 14.0. The Balaban J connectivity index is 1.39. The summed E-state index contributed by atoms with van der Waals surface area (Å²) in [5, 5.41) is 5.35. The lowest BCUT2D eigenvalue weighted by molar-refractivity contribution is -0.127. The Morgan fingerprint density at radius 3 is 2.13 bits per heavy atom. The fourth-order valence-corrected chi connectivity index (χ4v) is 3.60. The van der Waals surface area contributed by atoms with Crippen molar-refractivity contribution in [3.8, 4) is 11.5 Å². The number of hydrogen-bond acceptors (Lipinski definition) is 4. The van der Waals surface area contributed by atoms with Crippen LogP contribution in [-0.4, -0.2) is 24.5 Å². The summed E-state index contributed by atoms with van der Waals surface area (Å²) in [4.78, 5) is 25.7. The first kappa shape index (κ1) is 26.5. The molecule has 0 aliphatic rings. The van der Waals surface area contributed by atoms with E-state index in [9.17, 15) is 18.4 Å². The minimum Gasteiger partial charge on any atom is -0.457 e. The van der Waals surface area contributed by atoms with Gasteiger partial charge in [0, 0.05) is 11.8 Å². The Hall–Kier alpha value is -4.56. The second-order valence-electron chi connectivity index (χ2n) is 8.46. The third-order valence-corrected chi connectivity index (χ3v) is 5.51. The lowest BCUT2D eigenvalue weighted by Gasteiger charge is -2.19. The fourth-order valence-electron chi connectivity index (χ4n) is 3.60. The summed E-state index contributed by atoms with van der Waals surface area (Å²) < 4.78 is 38.7. The van der Waals surface area contributed by atoms with E-state index in [1.165, 1.54) is 6.07 Å². The third kappa shape index (κ3) is 7.97. The normalized spacial score (nSPS) is 11.4. The predicted molar refractivity (Wildman–Crippen MR) is 140 cm³/mol. The van der Waals surface area contributed by atoms with E-state index in [1.807, 2.05) is 60.7 Å². The maximum Gasteiger partial charge on any atom is 0.249 e. The number of nitrogens with one attached hydrogen (secondary N) is 2. The van der Waals surface area contributed by atoms with Crippen LogP contribution in [0, 0.1) is 11.6 Å². The van der Waals surface area contributed by atoms with Crippen LogP contribution in [0.4, 0.5) is 14.5 Å². The van der Waals surface area contributed by atoms with Gasteiger partial charge in [0.15, 0.2) is 0 Å². The van der Waals surface area contributed by atoms with Crippen LogP contribution in [0.5, 0.6) is 11.5 Å². The van der Waals surface area contributed by atoms with Gasteiger partial charge in [0.1, 0.15) is 29.2 Å². The molecule has 0 radical (unpaired) electrons. The summed E-state index contributed by atoms with van der Waals surface area (Å²) in [5.74, 6) is -1.42. The summed E-state index contributed by atoms with van der Waals surface area (Å²) in [6, 6.07) is 27.3. The van der Waals surface area contributed by atoms with Crippen molar-refractivity contribution in [1.82, 2.24) is 5.32 Å². The van der Waals surface area contributed by atoms with Crippen molar-refractivity contribution in [2.24, 2.45) is 0 Å². The van der Waals surface area contributed by atoms with Crippen LogP contribution in [0.3, 0.4) is 0 Å². The molecule has 0 aromatic heterocycles. The Morgan fingerprint density at radius 2 is 1.45 bits per heavy atom. The number of rotatable bonds is 11. The highest BCUT2D eigenvalue weighted by Crippen LogP contribution is 2.22. The van der Waals surface area contributed by atoms with E-state index in [0.717, 1.165) is 11.6 Å². The first-order chi connectivity index (χ1) is 18.5.